The molecule has 1 saturated heterocycles. The second-order valence-corrected chi connectivity index (χ2v) is 5.31. The van der Waals surface area contributed by atoms with Crippen molar-refractivity contribution in [3.63, 3.8) is 0 Å². The largest absolute Gasteiger partial charge is 0.363 e. The first-order valence-corrected chi connectivity index (χ1v) is 5.94. The molecule has 6 heteroatoms. The van der Waals surface area contributed by atoms with Crippen LogP contribution in [0.5, 0.6) is 0 Å². The minimum absolute atomic E-state index is 0.431. The predicted molar refractivity (Wildman–Crippen MR) is 41.7 cm³/mol. The normalized spacial score (nSPS) is 35.0. The van der Waals surface area contributed by atoms with Gasteiger partial charge < -0.3 is 4.52 Å². The molecular weight excluding hydrogens is 196 g/mol. The number of nitrogens with zero attached hydrogens (tertiary/aromatic N) is 1. The van der Waals surface area contributed by atoms with Crippen LogP contribution < -0.4 is 0 Å². The smallest absolute Gasteiger partial charge is 0.305 e. The van der Waals surface area contributed by atoms with Gasteiger partial charge in [-0.3, -0.25) is 4.57 Å². The van der Waals surface area contributed by atoms with E-state index in [1.54, 1.807) is 4.67 Å². The highest BCUT2D eigenvalue weighted by Gasteiger charge is 2.34. The quantitative estimate of drug-likeness (QED) is 0.508. The molecule has 0 spiro atoms. The Morgan fingerprint density at radius 1 is 1.70 bits per heavy atom. The van der Waals surface area contributed by atoms with Crippen LogP contribution in [0.25, 0.3) is 0 Å². The fourth-order valence-electron chi connectivity index (χ4n) is 0.789. The molecule has 1 atom stereocenters. The molecule has 0 amide bonds. The molecule has 0 aromatic carbocycles. The summed E-state index contributed by atoms with van der Waals surface area (Å²) in [6.07, 6.45) is 0. The molecule has 1 aliphatic heterocycles. The van der Waals surface area contributed by atoms with Crippen LogP contribution in [0.1, 0.15) is 0 Å². The van der Waals surface area contributed by atoms with Crippen LogP contribution in [0.2, 0.25) is 0 Å². The van der Waals surface area contributed by atoms with Crippen molar-refractivity contribution < 1.29 is 9.09 Å². The summed E-state index contributed by atoms with van der Waals surface area (Å²) in [6, 6.07) is 0. The summed E-state index contributed by atoms with van der Waals surface area (Å²) in [4.78, 5) is 0. The van der Waals surface area contributed by atoms with Gasteiger partial charge in [-0.1, -0.05) is 0 Å². The van der Waals surface area contributed by atoms with Gasteiger partial charge in [0.25, 0.3) is 0 Å². The van der Waals surface area contributed by atoms with Crippen LogP contribution >= 0.6 is 29.7 Å². The molecule has 0 aromatic rings. The summed E-state index contributed by atoms with van der Waals surface area (Å²) in [5.41, 5.74) is 0. The molecule has 0 radical (unpaired) electrons. The number of hydrogen-bond acceptors (Lipinski definition) is 2. The van der Waals surface area contributed by atoms with Gasteiger partial charge >= 0.3 is 6.87 Å². The Kier molecular flexibility index (Phi) is 3.02. The molecular formula is C4H8Cl2NO2P. The van der Waals surface area contributed by atoms with Gasteiger partial charge in [0, 0.05) is 19.0 Å². The lowest BCUT2D eigenvalue weighted by atomic mass is 10.6. The molecule has 1 heterocycles. The monoisotopic (exact) mass is 203 g/mol. The Morgan fingerprint density at radius 2 is 2.40 bits per heavy atom. The summed E-state index contributed by atoms with van der Waals surface area (Å²) in [7, 11) is 0. The Morgan fingerprint density at radius 3 is 2.80 bits per heavy atom. The van der Waals surface area contributed by atoms with E-state index in [-0.39, 0.29) is 0 Å². The summed E-state index contributed by atoms with van der Waals surface area (Å²) in [5.74, 6) is 0.431. The highest BCUT2D eigenvalue weighted by molar-refractivity contribution is 7.83. The maximum atomic E-state index is 11.1. The molecule has 0 bridgehead atoms. The Bertz CT molecular complexity index is 165. The Hall–Kier alpha value is 0.730. The van der Waals surface area contributed by atoms with E-state index in [2.05, 4.69) is 0 Å². The van der Waals surface area contributed by atoms with E-state index >= 15 is 0 Å². The van der Waals surface area contributed by atoms with Crippen molar-refractivity contribution in [2.75, 3.05) is 25.6 Å². The molecule has 0 saturated carbocycles. The van der Waals surface area contributed by atoms with E-state index in [0.717, 1.165) is 0 Å². The van der Waals surface area contributed by atoms with E-state index in [1.165, 1.54) is 0 Å². The predicted octanol–water partition coefficient (Wildman–Crippen LogP) is 1.90. The Balaban J connectivity index is 2.51. The van der Waals surface area contributed by atoms with Gasteiger partial charge in [-0.05, 0) is 11.2 Å². The molecule has 0 aromatic heterocycles. The van der Waals surface area contributed by atoms with Crippen molar-refractivity contribution in [3.05, 3.63) is 0 Å². The second kappa shape index (κ2) is 3.42. The third-order valence-corrected chi connectivity index (χ3v) is 3.96. The first-order valence-electron chi connectivity index (χ1n) is 2.92. The summed E-state index contributed by atoms with van der Waals surface area (Å²) in [6.45, 7) is -1.36. The Labute approximate surface area is 69.5 Å². The molecule has 3 nitrogen and oxygen atoms in total. The van der Waals surface area contributed by atoms with Gasteiger partial charge in [-0.25, -0.2) is 4.67 Å². The van der Waals surface area contributed by atoms with Crippen molar-refractivity contribution in [1.29, 1.82) is 0 Å². The first-order chi connectivity index (χ1) is 4.67. The number of alkyl halides is 1. The average Bonchev–Trinajstić information content (AvgIpc) is 2.13. The molecule has 0 aliphatic carbocycles. The van der Waals surface area contributed by atoms with Crippen LogP contribution in [-0.2, 0) is 9.09 Å². The standard InChI is InChI=1S/C4H8Cl2NO2P/c5-1-2-7-3-4-9-10(7,6)8/h1-4H2/t10-/m0/s1. The fraction of sp³-hybridized carbons (Fsp3) is 1.00. The first kappa shape index (κ1) is 8.82. The van der Waals surface area contributed by atoms with Crippen molar-refractivity contribution in [2.45, 2.75) is 0 Å². The minimum Gasteiger partial charge on any atom is -0.305 e. The van der Waals surface area contributed by atoms with Gasteiger partial charge in [0.05, 0.1) is 6.61 Å². The molecule has 10 heavy (non-hydrogen) atoms. The third-order valence-electron chi connectivity index (χ3n) is 1.28. The average molecular weight is 204 g/mol. The van der Waals surface area contributed by atoms with E-state index in [9.17, 15) is 4.57 Å². The lowest BCUT2D eigenvalue weighted by Crippen LogP contribution is -2.17. The van der Waals surface area contributed by atoms with Crippen molar-refractivity contribution in [3.8, 4) is 0 Å². The molecule has 0 N–H and O–H groups in total. The van der Waals surface area contributed by atoms with Gasteiger partial charge in [0.1, 0.15) is 0 Å². The van der Waals surface area contributed by atoms with Crippen LogP contribution in [0.15, 0.2) is 0 Å². The van der Waals surface area contributed by atoms with Gasteiger partial charge in [0.15, 0.2) is 0 Å². The third kappa shape index (κ3) is 1.86. The zero-order chi connectivity index (χ0) is 7.61. The van der Waals surface area contributed by atoms with E-state index < -0.39 is 6.87 Å². The summed E-state index contributed by atoms with van der Waals surface area (Å²) >= 11 is 10.9. The zero-order valence-corrected chi connectivity index (χ0v) is 7.70. The van der Waals surface area contributed by atoms with Crippen molar-refractivity contribution in [1.82, 2.24) is 4.67 Å². The summed E-state index contributed by atoms with van der Waals surface area (Å²) < 4.78 is 17.5. The lowest BCUT2D eigenvalue weighted by Gasteiger charge is -2.14. The number of rotatable bonds is 2. The molecule has 1 fully saturated rings. The highest BCUT2D eigenvalue weighted by Crippen LogP contribution is 2.58. The van der Waals surface area contributed by atoms with Crippen LogP contribution in [-0.4, -0.2) is 30.2 Å². The van der Waals surface area contributed by atoms with Gasteiger partial charge in [-0.15, -0.1) is 11.6 Å². The van der Waals surface area contributed by atoms with Crippen LogP contribution in [0.4, 0.5) is 0 Å². The van der Waals surface area contributed by atoms with E-state index in [4.69, 9.17) is 27.4 Å². The van der Waals surface area contributed by atoms with Crippen LogP contribution in [0, 0.1) is 0 Å². The van der Waals surface area contributed by atoms with E-state index in [1.807, 2.05) is 0 Å². The fourth-order valence-corrected chi connectivity index (χ4v) is 2.90. The molecule has 1 rings (SSSR count). The molecule has 60 valence electrons. The zero-order valence-electron chi connectivity index (χ0n) is 5.30. The van der Waals surface area contributed by atoms with E-state index in [0.29, 0.717) is 25.6 Å². The maximum absolute atomic E-state index is 11.1. The van der Waals surface area contributed by atoms with Gasteiger partial charge in [0.2, 0.25) is 0 Å². The summed E-state index contributed by atoms with van der Waals surface area (Å²) in [5, 5.41) is 0. The number of halogens is 2. The number of hydrogen-bond donors (Lipinski definition) is 0. The maximum Gasteiger partial charge on any atom is 0.363 e. The van der Waals surface area contributed by atoms with Crippen LogP contribution in [0.3, 0.4) is 0 Å². The second-order valence-electron chi connectivity index (χ2n) is 1.93. The molecule has 1 aliphatic rings. The highest BCUT2D eigenvalue weighted by atomic mass is 35.7. The molecule has 0 unspecified atom stereocenters. The SMILES string of the molecule is O=[P@@]1(Cl)OCCN1CCCl. The van der Waals surface area contributed by atoms with Crippen molar-refractivity contribution in [2.24, 2.45) is 0 Å². The van der Waals surface area contributed by atoms with Gasteiger partial charge in [-0.2, -0.15) is 0 Å². The minimum atomic E-state index is -2.95. The lowest BCUT2D eigenvalue weighted by molar-refractivity contribution is 0.369. The van der Waals surface area contributed by atoms with Crippen molar-refractivity contribution >= 4 is 29.7 Å². The topological polar surface area (TPSA) is 29.5 Å².